The fourth-order valence-electron chi connectivity index (χ4n) is 3.21. The van der Waals surface area contributed by atoms with Gasteiger partial charge < -0.3 is 10.6 Å². The number of likely N-dealkylation sites (tertiary alicyclic amines) is 1. The van der Waals surface area contributed by atoms with Crippen molar-refractivity contribution in [2.24, 2.45) is 5.92 Å². The quantitative estimate of drug-likeness (QED) is 0.844. The lowest BCUT2D eigenvalue weighted by molar-refractivity contribution is -0.124. The second-order valence-electron chi connectivity index (χ2n) is 6.36. The van der Waals surface area contributed by atoms with Gasteiger partial charge in [-0.15, -0.1) is 0 Å². The lowest BCUT2D eigenvalue weighted by Gasteiger charge is -2.18. The summed E-state index contributed by atoms with van der Waals surface area (Å²) in [6.45, 7) is 1.79. The van der Waals surface area contributed by atoms with Gasteiger partial charge in [-0.1, -0.05) is 0 Å². The number of halogens is 1. The molecule has 0 unspecified atom stereocenters. The zero-order valence-electron chi connectivity index (χ0n) is 14.5. The molecule has 7 heteroatoms. The number of carbonyl (C=O) groups excluding carboxylic acids is 2. The molecular formula is C19H21FN4O2. The Morgan fingerprint density at radius 1 is 1.15 bits per heavy atom. The number of carbonyl (C=O) groups is 2. The highest BCUT2D eigenvalue weighted by molar-refractivity contribution is 5.95. The number of hydrogen-bond donors (Lipinski definition) is 2. The van der Waals surface area contributed by atoms with E-state index in [1.54, 1.807) is 19.4 Å². The Morgan fingerprint density at radius 2 is 1.85 bits per heavy atom. The lowest BCUT2D eigenvalue weighted by atomic mass is 10.0. The fraction of sp³-hybridized carbons (Fsp3) is 0.316. The molecule has 0 saturated carbocycles. The van der Waals surface area contributed by atoms with Crippen LogP contribution in [0.1, 0.15) is 15.9 Å². The molecule has 1 aliphatic rings. The van der Waals surface area contributed by atoms with E-state index in [2.05, 4.69) is 20.5 Å². The first-order valence-electron chi connectivity index (χ1n) is 8.46. The van der Waals surface area contributed by atoms with Crippen LogP contribution in [0, 0.1) is 11.7 Å². The van der Waals surface area contributed by atoms with Crippen LogP contribution in [0.4, 0.5) is 4.39 Å². The van der Waals surface area contributed by atoms with Crippen LogP contribution in [0.5, 0.6) is 0 Å². The third-order valence-corrected chi connectivity index (χ3v) is 4.56. The van der Waals surface area contributed by atoms with E-state index in [0.29, 0.717) is 25.2 Å². The van der Waals surface area contributed by atoms with E-state index in [1.807, 2.05) is 12.1 Å². The van der Waals surface area contributed by atoms with Crippen LogP contribution >= 0.6 is 0 Å². The molecule has 6 nitrogen and oxygen atoms in total. The predicted octanol–water partition coefficient (Wildman–Crippen LogP) is 1.20. The summed E-state index contributed by atoms with van der Waals surface area (Å²) in [5, 5.41) is 5.58. The minimum absolute atomic E-state index is 0.105. The summed E-state index contributed by atoms with van der Waals surface area (Å²) < 4.78 is 13.0. The van der Waals surface area contributed by atoms with Crippen molar-refractivity contribution in [1.82, 2.24) is 20.5 Å². The molecule has 1 fully saturated rings. The lowest BCUT2D eigenvalue weighted by Crippen LogP contribution is -2.45. The van der Waals surface area contributed by atoms with E-state index in [4.69, 9.17) is 0 Å². The summed E-state index contributed by atoms with van der Waals surface area (Å²) in [6, 6.07) is 8.91. The van der Waals surface area contributed by atoms with Gasteiger partial charge in [0, 0.05) is 44.6 Å². The molecule has 2 aromatic rings. The molecule has 26 heavy (non-hydrogen) atoms. The fourth-order valence-corrected chi connectivity index (χ4v) is 3.21. The molecule has 0 aliphatic carbocycles. The monoisotopic (exact) mass is 356 g/mol. The smallest absolute Gasteiger partial charge is 0.251 e. The van der Waals surface area contributed by atoms with Crippen LogP contribution in [-0.4, -0.2) is 47.9 Å². The number of nitrogens with zero attached hydrogens (tertiary/aromatic N) is 2. The second kappa shape index (κ2) is 8.05. The van der Waals surface area contributed by atoms with Crippen LogP contribution in [-0.2, 0) is 11.3 Å². The van der Waals surface area contributed by atoms with Gasteiger partial charge in [-0.25, -0.2) is 4.39 Å². The van der Waals surface area contributed by atoms with Crippen molar-refractivity contribution < 1.29 is 14.0 Å². The molecular weight excluding hydrogens is 335 g/mol. The number of benzene rings is 1. The maximum atomic E-state index is 13.0. The molecule has 0 spiro atoms. The highest BCUT2D eigenvalue weighted by atomic mass is 19.1. The number of hydrogen-bond acceptors (Lipinski definition) is 4. The summed E-state index contributed by atoms with van der Waals surface area (Å²) in [6.07, 6.45) is 3.46. The van der Waals surface area contributed by atoms with Gasteiger partial charge in [0.1, 0.15) is 5.82 Å². The minimum atomic E-state index is -0.394. The van der Waals surface area contributed by atoms with E-state index >= 15 is 0 Å². The third kappa shape index (κ3) is 4.23. The zero-order chi connectivity index (χ0) is 18.5. The van der Waals surface area contributed by atoms with Crippen molar-refractivity contribution in [2.45, 2.75) is 12.6 Å². The molecule has 2 N–H and O–H groups in total. The summed E-state index contributed by atoms with van der Waals surface area (Å²) in [5.41, 5.74) is 1.47. The highest BCUT2D eigenvalue weighted by Gasteiger charge is 2.38. The Morgan fingerprint density at radius 3 is 2.50 bits per heavy atom. The van der Waals surface area contributed by atoms with Gasteiger partial charge in [0.2, 0.25) is 5.91 Å². The Kier molecular flexibility index (Phi) is 5.58. The molecule has 1 aromatic heterocycles. The summed E-state index contributed by atoms with van der Waals surface area (Å²) in [4.78, 5) is 30.8. The summed E-state index contributed by atoms with van der Waals surface area (Å²) in [5.74, 6) is -1.15. The SMILES string of the molecule is CNC(=O)[C@H]1CN(Cc2ccncc2)C[C@@H]1NC(=O)c1ccc(F)cc1. The molecule has 1 aliphatic heterocycles. The van der Waals surface area contributed by atoms with Crippen molar-refractivity contribution in [3.63, 3.8) is 0 Å². The number of nitrogens with one attached hydrogen (secondary N) is 2. The van der Waals surface area contributed by atoms with E-state index in [9.17, 15) is 14.0 Å². The van der Waals surface area contributed by atoms with Crippen molar-refractivity contribution in [2.75, 3.05) is 20.1 Å². The topological polar surface area (TPSA) is 74.3 Å². The van der Waals surface area contributed by atoms with Gasteiger partial charge >= 0.3 is 0 Å². The summed E-state index contributed by atoms with van der Waals surface area (Å²) >= 11 is 0. The Balaban J connectivity index is 1.69. The van der Waals surface area contributed by atoms with Crippen molar-refractivity contribution in [3.8, 4) is 0 Å². The van der Waals surface area contributed by atoms with Crippen LogP contribution in [0.25, 0.3) is 0 Å². The van der Waals surface area contributed by atoms with Crippen LogP contribution < -0.4 is 10.6 Å². The van der Waals surface area contributed by atoms with Crippen molar-refractivity contribution >= 4 is 11.8 Å². The van der Waals surface area contributed by atoms with Crippen molar-refractivity contribution in [1.29, 1.82) is 0 Å². The van der Waals surface area contributed by atoms with Gasteiger partial charge in [-0.3, -0.25) is 19.5 Å². The van der Waals surface area contributed by atoms with E-state index in [-0.39, 0.29) is 23.8 Å². The molecule has 136 valence electrons. The van der Waals surface area contributed by atoms with E-state index in [0.717, 1.165) is 5.56 Å². The Hall–Kier alpha value is -2.80. The van der Waals surface area contributed by atoms with Gasteiger partial charge in [-0.05, 0) is 42.0 Å². The normalized spacial score (nSPS) is 19.9. The first kappa shape index (κ1) is 18.0. The van der Waals surface area contributed by atoms with Gasteiger partial charge in [-0.2, -0.15) is 0 Å². The van der Waals surface area contributed by atoms with Crippen LogP contribution in [0.2, 0.25) is 0 Å². The van der Waals surface area contributed by atoms with Crippen molar-refractivity contribution in [3.05, 3.63) is 65.7 Å². The zero-order valence-corrected chi connectivity index (χ0v) is 14.5. The molecule has 0 bridgehead atoms. The molecule has 1 aromatic carbocycles. The largest absolute Gasteiger partial charge is 0.359 e. The number of aromatic nitrogens is 1. The molecule has 2 heterocycles. The maximum absolute atomic E-state index is 13.0. The molecule has 1 saturated heterocycles. The highest BCUT2D eigenvalue weighted by Crippen LogP contribution is 2.20. The first-order valence-corrected chi connectivity index (χ1v) is 8.46. The second-order valence-corrected chi connectivity index (χ2v) is 6.36. The number of rotatable bonds is 5. The van der Waals surface area contributed by atoms with Crippen LogP contribution in [0.15, 0.2) is 48.8 Å². The summed E-state index contributed by atoms with van der Waals surface area (Å²) in [7, 11) is 1.59. The minimum Gasteiger partial charge on any atom is -0.359 e. The predicted molar refractivity (Wildman–Crippen MR) is 94.7 cm³/mol. The van der Waals surface area contributed by atoms with Gasteiger partial charge in [0.05, 0.1) is 12.0 Å². The molecule has 2 amide bonds. The molecule has 0 radical (unpaired) electrons. The Labute approximate surface area is 151 Å². The number of pyridine rings is 1. The van der Waals surface area contributed by atoms with Gasteiger partial charge in [0.25, 0.3) is 5.91 Å². The molecule has 3 rings (SSSR count). The van der Waals surface area contributed by atoms with E-state index < -0.39 is 5.82 Å². The average molecular weight is 356 g/mol. The Bertz CT molecular complexity index is 767. The standard InChI is InChI=1S/C19H21FN4O2/c1-21-19(26)16-11-24(10-13-6-8-22-9-7-13)12-17(16)23-18(25)14-2-4-15(20)5-3-14/h2-9,16-17H,10-12H2,1H3,(H,21,26)(H,23,25)/t16-,17-/m0/s1. The average Bonchev–Trinajstić information content (AvgIpc) is 3.04. The maximum Gasteiger partial charge on any atom is 0.251 e. The number of amides is 2. The van der Waals surface area contributed by atoms with E-state index in [1.165, 1.54) is 24.3 Å². The van der Waals surface area contributed by atoms with Crippen LogP contribution in [0.3, 0.4) is 0 Å². The molecule has 2 atom stereocenters. The third-order valence-electron chi connectivity index (χ3n) is 4.56. The first-order chi connectivity index (χ1) is 12.6. The van der Waals surface area contributed by atoms with Gasteiger partial charge in [0.15, 0.2) is 0 Å².